The van der Waals surface area contributed by atoms with E-state index in [1.165, 1.54) is 0 Å². The third-order valence-corrected chi connectivity index (χ3v) is 2.66. The van der Waals surface area contributed by atoms with E-state index in [-0.39, 0.29) is 12.6 Å². The topological polar surface area (TPSA) is 70.6 Å². The molecule has 100 valence electrons. The van der Waals surface area contributed by atoms with Crippen molar-refractivity contribution in [2.75, 3.05) is 26.8 Å². The Hall–Kier alpha value is -1.30. The number of hydrogen-bond acceptors (Lipinski definition) is 3. The van der Waals surface area contributed by atoms with Crippen molar-refractivity contribution in [1.29, 1.82) is 0 Å². The molecule has 1 rings (SSSR count). The first-order valence-corrected chi connectivity index (χ1v) is 5.96. The number of rotatable bonds is 6. The summed E-state index contributed by atoms with van der Waals surface area (Å²) >= 11 is 5.93. The van der Waals surface area contributed by atoms with Crippen LogP contribution in [0, 0.1) is 0 Å². The molecule has 0 fully saturated rings. The van der Waals surface area contributed by atoms with Gasteiger partial charge in [0.15, 0.2) is 0 Å². The van der Waals surface area contributed by atoms with Crippen LogP contribution in [0.15, 0.2) is 24.3 Å². The third kappa shape index (κ3) is 4.91. The van der Waals surface area contributed by atoms with E-state index < -0.39 is 6.10 Å². The van der Waals surface area contributed by atoms with Gasteiger partial charge in [-0.2, -0.15) is 0 Å². The molecule has 0 saturated carbocycles. The molecule has 18 heavy (non-hydrogen) atoms. The van der Waals surface area contributed by atoms with Gasteiger partial charge in [-0.15, -0.1) is 0 Å². The fourth-order valence-electron chi connectivity index (χ4n) is 1.37. The van der Waals surface area contributed by atoms with Crippen molar-refractivity contribution in [2.45, 2.75) is 6.10 Å². The van der Waals surface area contributed by atoms with Gasteiger partial charge in [-0.1, -0.05) is 29.8 Å². The van der Waals surface area contributed by atoms with E-state index in [2.05, 4.69) is 10.6 Å². The predicted molar refractivity (Wildman–Crippen MR) is 69.7 cm³/mol. The number of carbonyl (C=O) groups excluding carboxylic acids is 1. The van der Waals surface area contributed by atoms with Crippen molar-refractivity contribution in [3.8, 4) is 0 Å². The molecule has 2 amide bonds. The Kier molecular flexibility index (Phi) is 6.49. The molecule has 0 spiro atoms. The Morgan fingerprint density at radius 3 is 2.83 bits per heavy atom. The highest BCUT2D eigenvalue weighted by Gasteiger charge is 2.11. The molecule has 0 radical (unpaired) electrons. The molecule has 0 bridgehead atoms. The number of aliphatic hydroxyl groups excluding tert-OH is 1. The molecule has 6 heteroatoms. The van der Waals surface area contributed by atoms with E-state index in [1.807, 2.05) is 0 Å². The Morgan fingerprint density at radius 2 is 2.17 bits per heavy atom. The normalized spacial score (nSPS) is 11.9. The van der Waals surface area contributed by atoms with Crippen molar-refractivity contribution in [1.82, 2.24) is 10.6 Å². The van der Waals surface area contributed by atoms with Crippen LogP contribution < -0.4 is 10.6 Å². The Morgan fingerprint density at radius 1 is 1.44 bits per heavy atom. The minimum absolute atomic E-state index is 0.0998. The van der Waals surface area contributed by atoms with Gasteiger partial charge >= 0.3 is 6.03 Å². The molecule has 1 atom stereocenters. The number of benzene rings is 1. The first-order chi connectivity index (χ1) is 8.65. The van der Waals surface area contributed by atoms with Crippen LogP contribution in [0.3, 0.4) is 0 Å². The van der Waals surface area contributed by atoms with Crippen LogP contribution in [0.25, 0.3) is 0 Å². The van der Waals surface area contributed by atoms with Crippen LogP contribution in [0.2, 0.25) is 5.02 Å². The molecular formula is C12H17ClN2O3. The molecule has 0 aliphatic carbocycles. The highest BCUT2D eigenvalue weighted by molar-refractivity contribution is 6.31. The van der Waals surface area contributed by atoms with Gasteiger partial charge in [-0.05, 0) is 6.07 Å². The second-order valence-electron chi connectivity index (χ2n) is 3.67. The lowest BCUT2D eigenvalue weighted by Gasteiger charge is -2.14. The summed E-state index contributed by atoms with van der Waals surface area (Å²) in [5, 5.41) is 15.5. The molecule has 0 aliphatic heterocycles. The van der Waals surface area contributed by atoms with Crippen LogP contribution in [-0.4, -0.2) is 37.9 Å². The van der Waals surface area contributed by atoms with Crippen LogP contribution in [0.1, 0.15) is 11.7 Å². The SMILES string of the molecule is COCCNC(=O)NCC(O)c1ccccc1Cl. The minimum atomic E-state index is -0.827. The minimum Gasteiger partial charge on any atom is -0.387 e. The summed E-state index contributed by atoms with van der Waals surface area (Å²) in [6.45, 7) is 0.966. The average Bonchev–Trinajstić information content (AvgIpc) is 2.37. The van der Waals surface area contributed by atoms with Gasteiger partial charge < -0.3 is 20.5 Å². The van der Waals surface area contributed by atoms with Gasteiger partial charge in [0.25, 0.3) is 0 Å². The maximum atomic E-state index is 11.3. The molecule has 1 aromatic rings. The van der Waals surface area contributed by atoms with Crippen molar-refractivity contribution in [3.63, 3.8) is 0 Å². The molecule has 5 nitrogen and oxygen atoms in total. The zero-order valence-electron chi connectivity index (χ0n) is 10.1. The number of urea groups is 1. The van der Waals surface area contributed by atoms with E-state index in [9.17, 15) is 9.90 Å². The molecule has 0 aliphatic rings. The predicted octanol–water partition coefficient (Wildman–Crippen LogP) is 1.32. The molecule has 0 aromatic heterocycles. The lowest BCUT2D eigenvalue weighted by molar-refractivity contribution is 0.171. The van der Waals surface area contributed by atoms with Crippen LogP contribution >= 0.6 is 11.6 Å². The van der Waals surface area contributed by atoms with Crippen molar-refractivity contribution in [3.05, 3.63) is 34.9 Å². The van der Waals surface area contributed by atoms with E-state index in [0.717, 1.165) is 0 Å². The zero-order chi connectivity index (χ0) is 13.4. The maximum Gasteiger partial charge on any atom is 0.314 e. The lowest BCUT2D eigenvalue weighted by Crippen LogP contribution is -2.39. The van der Waals surface area contributed by atoms with Gasteiger partial charge in [-0.3, -0.25) is 0 Å². The Balaban J connectivity index is 2.35. The van der Waals surface area contributed by atoms with Gasteiger partial charge in [0.2, 0.25) is 0 Å². The second-order valence-corrected chi connectivity index (χ2v) is 4.07. The van der Waals surface area contributed by atoms with Crippen LogP contribution in [-0.2, 0) is 4.74 Å². The van der Waals surface area contributed by atoms with E-state index in [4.69, 9.17) is 16.3 Å². The first kappa shape index (κ1) is 14.8. The van der Waals surface area contributed by atoms with Crippen molar-refractivity contribution < 1.29 is 14.6 Å². The van der Waals surface area contributed by atoms with Gasteiger partial charge in [0.05, 0.1) is 12.7 Å². The lowest BCUT2D eigenvalue weighted by atomic mass is 10.1. The summed E-state index contributed by atoms with van der Waals surface area (Å²) in [4.78, 5) is 11.3. The van der Waals surface area contributed by atoms with Crippen molar-refractivity contribution in [2.24, 2.45) is 0 Å². The fraction of sp³-hybridized carbons (Fsp3) is 0.417. The Bertz CT molecular complexity index is 387. The summed E-state index contributed by atoms with van der Waals surface area (Å²) < 4.78 is 4.79. The standard InChI is InChI=1S/C12H17ClN2O3/c1-18-7-6-14-12(17)15-8-11(16)9-4-2-3-5-10(9)13/h2-5,11,16H,6-8H2,1H3,(H2,14,15,17). The quantitative estimate of drug-likeness (QED) is 0.684. The average molecular weight is 273 g/mol. The molecule has 0 heterocycles. The summed E-state index contributed by atoms with van der Waals surface area (Å²) in [6.07, 6.45) is -0.827. The smallest absolute Gasteiger partial charge is 0.314 e. The summed E-state index contributed by atoms with van der Waals surface area (Å²) in [6, 6.07) is 6.63. The van der Waals surface area contributed by atoms with Crippen LogP contribution in [0.4, 0.5) is 4.79 Å². The number of aliphatic hydroxyl groups is 1. The molecule has 1 aromatic carbocycles. The Labute approximate surface area is 111 Å². The number of methoxy groups -OCH3 is 1. The number of hydrogen-bond donors (Lipinski definition) is 3. The number of carbonyl (C=O) groups is 1. The van der Waals surface area contributed by atoms with Gasteiger partial charge in [-0.25, -0.2) is 4.79 Å². The molecule has 1 unspecified atom stereocenters. The summed E-state index contributed by atoms with van der Waals surface area (Å²) in [7, 11) is 1.56. The monoisotopic (exact) mass is 272 g/mol. The molecule has 0 saturated heterocycles. The summed E-state index contributed by atoms with van der Waals surface area (Å²) in [5.74, 6) is 0. The fourth-order valence-corrected chi connectivity index (χ4v) is 1.64. The van der Waals surface area contributed by atoms with Crippen LogP contribution in [0.5, 0.6) is 0 Å². The van der Waals surface area contributed by atoms with Gasteiger partial charge in [0.1, 0.15) is 0 Å². The number of amides is 2. The number of nitrogens with one attached hydrogen (secondary N) is 2. The highest BCUT2D eigenvalue weighted by Crippen LogP contribution is 2.21. The highest BCUT2D eigenvalue weighted by atomic mass is 35.5. The first-order valence-electron chi connectivity index (χ1n) is 5.58. The van der Waals surface area contributed by atoms with E-state index in [0.29, 0.717) is 23.7 Å². The van der Waals surface area contributed by atoms with Crippen molar-refractivity contribution >= 4 is 17.6 Å². The van der Waals surface area contributed by atoms with E-state index in [1.54, 1.807) is 31.4 Å². The largest absolute Gasteiger partial charge is 0.387 e. The third-order valence-electron chi connectivity index (χ3n) is 2.31. The number of ether oxygens (including phenoxy) is 1. The van der Waals surface area contributed by atoms with E-state index >= 15 is 0 Å². The van der Waals surface area contributed by atoms with Gasteiger partial charge in [0, 0.05) is 30.8 Å². The zero-order valence-corrected chi connectivity index (χ0v) is 10.9. The number of halogens is 1. The second kappa shape index (κ2) is 7.92. The maximum absolute atomic E-state index is 11.3. The molecule has 3 N–H and O–H groups in total. The summed E-state index contributed by atoms with van der Waals surface area (Å²) in [5.41, 5.74) is 0.594. The molecular weight excluding hydrogens is 256 g/mol.